The molecule has 6 heteroatoms. The Bertz CT molecular complexity index is 557. The maximum absolute atomic E-state index is 13.2. The summed E-state index contributed by atoms with van der Waals surface area (Å²) in [5, 5.41) is 0. The average molecular weight is 301 g/mol. The Kier molecular flexibility index (Phi) is 4.78. The van der Waals surface area contributed by atoms with Crippen LogP contribution in [-0.2, 0) is 14.8 Å². The summed E-state index contributed by atoms with van der Waals surface area (Å²) in [5.74, 6) is 0.00941. The predicted molar refractivity (Wildman–Crippen MR) is 74.6 cm³/mol. The van der Waals surface area contributed by atoms with E-state index in [0.717, 1.165) is 19.4 Å². The van der Waals surface area contributed by atoms with Crippen LogP contribution in [-0.4, -0.2) is 28.2 Å². The molecule has 1 aromatic carbocycles. The van der Waals surface area contributed by atoms with Crippen LogP contribution in [0.1, 0.15) is 24.0 Å². The number of aryl methyl sites for hydroxylation is 2. The molecule has 1 heterocycles. The van der Waals surface area contributed by atoms with Crippen molar-refractivity contribution in [1.29, 1.82) is 0 Å². The summed E-state index contributed by atoms with van der Waals surface area (Å²) >= 11 is 0. The zero-order valence-corrected chi connectivity index (χ0v) is 12.6. The third-order valence-electron chi connectivity index (χ3n) is 3.56. The van der Waals surface area contributed by atoms with Gasteiger partial charge < -0.3 is 4.74 Å². The molecule has 1 aliphatic rings. The van der Waals surface area contributed by atoms with E-state index in [9.17, 15) is 12.8 Å². The second-order valence-electron chi connectivity index (χ2n) is 5.28. The van der Waals surface area contributed by atoms with Gasteiger partial charge in [0.2, 0.25) is 10.0 Å². The molecule has 0 bridgehead atoms. The highest BCUT2D eigenvalue weighted by Gasteiger charge is 2.21. The highest BCUT2D eigenvalue weighted by molar-refractivity contribution is 7.89. The molecule has 1 N–H and O–H groups in total. The van der Waals surface area contributed by atoms with Gasteiger partial charge in [-0.2, -0.15) is 0 Å². The normalized spacial score (nSPS) is 19.4. The minimum Gasteiger partial charge on any atom is -0.381 e. The second-order valence-corrected chi connectivity index (χ2v) is 6.99. The van der Waals surface area contributed by atoms with Crippen molar-refractivity contribution in [2.75, 3.05) is 19.8 Å². The lowest BCUT2D eigenvalue weighted by molar-refractivity contribution is 0.184. The molecule has 20 heavy (non-hydrogen) atoms. The van der Waals surface area contributed by atoms with Crippen molar-refractivity contribution < 1.29 is 17.5 Å². The van der Waals surface area contributed by atoms with E-state index in [1.807, 2.05) is 0 Å². The molecule has 1 unspecified atom stereocenters. The molecule has 0 aliphatic carbocycles. The second kappa shape index (κ2) is 6.20. The Balaban J connectivity index is 2.06. The molecule has 1 saturated heterocycles. The van der Waals surface area contributed by atoms with Crippen LogP contribution in [0.4, 0.5) is 4.39 Å². The fourth-order valence-corrected chi connectivity index (χ4v) is 4.10. The van der Waals surface area contributed by atoms with Gasteiger partial charge in [0.1, 0.15) is 5.82 Å². The largest absolute Gasteiger partial charge is 0.381 e. The lowest BCUT2D eigenvalue weighted by atomic mass is 10.1. The molecule has 4 nitrogen and oxygen atoms in total. The summed E-state index contributed by atoms with van der Waals surface area (Å²) in [6, 6.07) is 2.48. The summed E-state index contributed by atoms with van der Waals surface area (Å²) in [7, 11) is -3.59. The topological polar surface area (TPSA) is 55.4 Å². The number of sulfonamides is 1. The van der Waals surface area contributed by atoms with Crippen molar-refractivity contribution >= 4 is 10.0 Å². The average Bonchev–Trinajstić information content (AvgIpc) is 2.79. The van der Waals surface area contributed by atoms with Gasteiger partial charge in [-0.05, 0) is 55.9 Å². The SMILES string of the molecule is Cc1cc(F)cc(C)c1S(=O)(=O)NCCC1CCOC1. The Morgan fingerprint density at radius 3 is 2.55 bits per heavy atom. The number of rotatable bonds is 5. The van der Waals surface area contributed by atoms with Crippen LogP contribution in [0, 0.1) is 25.6 Å². The number of nitrogens with one attached hydrogen (secondary N) is 1. The van der Waals surface area contributed by atoms with E-state index >= 15 is 0 Å². The third-order valence-corrected chi connectivity index (χ3v) is 5.33. The van der Waals surface area contributed by atoms with Crippen LogP contribution in [0.2, 0.25) is 0 Å². The highest BCUT2D eigenvalue weighted by atomic mass is 32.2. The van der Waals surface area contributed by atoms with E-state index in [1.165, 1.54) is 12.1 Å². The van der Waals surface area contributed by atoms with Crippen LogP contribution < -0.4 is 4.72 Å². The van der Waals surface area contributed by atoms with Crippen molar-refractivity contribution in [3.8, 4) is 0 Å². The number of benzene rings is 1. The molecule has 1 atom stereocenters. The van der Waals surface area contributed by atoms with Gasteiger partial charge in [0.25, 0.3) is 0 Å². The number of ether oxygens (including phenoxy) is 1. The number of hydrogen-bond acceptors (Lipinski definition) is 3. The van der Waals surface area contributed by atoms with Gasteiger partial charge in [-0.3, -0.25) is 0 Å². The van der Waals surface area contributed by atoms with Crippen molar-refractivity contribution in [1.82, 2.24) is 4.72 Å². The summed E-state index contributed by atoms with van der Waals surface area (Å²) in [6.45, 7) is 5.06. The molecular formula is C14H20FNO3S. The lowest BCUT2D eigenvalue weighted by Crippen LogP contribution is -2.27. The molecule has 112 valence electrons. The van der Waals surface area contributed by atoms with Gasteiger partial charge >= 0.3 is 0 Å². The first-order valence-corrected chi connectivity index (χ1v) is 8.22. The molecule has 1 aliphatic heterocycles. The molecule has 0 amide bonds. The number of halogens is 1. The zero-order chi connectivity index (χ0) is 14.8. The molecular weight excluding hydrogens is 281 g/mol. The van der Waals surface area contributed by atoms with Gasteiger partial charge in [-0.1, -0.05) is 0 Å². The Hall–Kier alpha value is -0.980. The Morgan fingerprint density at radius 1 is 1.35 bits per heavy atom. The molecule has 0 saturated carbocycles. The fraction of sp³-hybridized carbons (Fsp3) is 0.571. The van der Waals surface area contributed by atoms with E-state index in [-0.39, 0.29) is 4.90 Å². The predicted octanol–water partition coefficient (Wildman–Crippen LogP) is 2.15. The van der Waals surface area contributed by atoms with Crippen molar-refractivity contribution in [2.45, 2.75) is 31.6 Å². The first-order chi connectivity index (χ1) is 9.40. The van der Waals surface area contributed by atoms with Crippen molar-refractivity contribution in [3.63, 3.8) is 0 Å². The quantitative estimate of drug-likeness (QED) is 0.906. The van der Waals surface area contributed by atoms with Crippen LogP contribution in [0.25, 0.3) is 0 Å². The monoisotopic (exact) mass is 301 g/mol. The molecule has 1 aromatic rings. The van der Waals surface area contributed by atoms with E-state index < -0.39 is 15.8 Å². The molecule has 1 fully saturated rings. The highest BCUT2D eigenvalue weighted by Crippen LogP contribution is 2.22. The maximum Gasteiger partial charge on any atom is 0.241 e. The van der Waals surface area contributed by atoms with Crippen LogP contribution in [0.3, 0.4) is 0 Å². The standard InChI is InChI=1S/C14H20FNO3S/c1-10-7-13(15)8-11(2)14(10)20(17,18)16-5-3-12-4-6-19-9-12/h7-8,12,16H,3-6,9H2,1-2H3. The van der Waals surface area contributed by atoms with Crippen LogP contribution >= 0.6 is 0 Å². The van der Waals surface area contributed by atoms with Gasteiger partial charge in [-0.15, -0.1) is 0 Å². The lowest BCUT2D eigenvalue weighted by Gasteiger charge is -2.13. The van der Waals surface area contributed by atoms with Crippen molar-refractivity contribution in [2.24, 2.45) is 5.92 Å². The fourth-order valence-electron chi connectivity index (χ4n) is 2.60. The van der Waals surface area contributed by atoms with Crippen molar-refractivity contribution in [3.05, 3.63) is 29.1 Å². The first-order valence-electron chi connectivity index (χ1n) is 6.74. The Labute approximate surface area is 119 Å². The Morgan fingerprint density at radius 2 is 2.00 bits per heavy atom. The minimum atomic E-state index is -3.59. The van der Waals surface area contributed by atoms with E-state index in [4.69, 9.17) is 4.74 Å². The van der Waals surface area contributed by atoms with E-state index in [2.05, 4.69) is 4.72 Å². The molecule has 0 aromatic heterocycles. The van der Waals surface area contributed by atoms with Gasteiger partial charge in [-0.25, -0.2) is 17.5 Å². The van der Waals surface area contributed by atoms with Crippen LogP contribution in [0.15, 0.2) is 17.0 Å². The summed E-state index contributed by atoms with van der Waals surface area (Å²) in [6.07, 6.45) is 1.74. The molecule has 2 rings (SSSR count). The summed E-state index contributed by atoms with van der Waals surface area (Å²) in [5.41, 5.74) is 0.860. The van der Waals surface area contributed by atoms with Gasteiger partial charge in [0.05, 0.1) is 4.90 Å². The summed E-state index contributed by atoms with van der Waals surface area (Å²) < 4.78 is 45.7. The number of hydrogen-bond donors (Lipinski definition) is 1. The van der Waals surface area contributed by atoms with Gasteiger partial charge in [0.15, 0.2) is 0 Å². The zero-order valence-electron chi connectivity index (χ0n) is 11.8. The first kappa shape index (κ1) is 15.4. The third kappa shape index (κ3) is 3.56. The maximum atomic E-state index is 13.2. The molecule has 0 spiro atoms. The van der Waals surface area contributed by atoms with Gasteiger partial charge in [0, 0.05) is 19.8 Å². The summed E-state index contributed by atoms with van der Waals surface area (Å²) in [4.78, 5) is 0.182. The minimum absolute atomic E-state index is 0.182. The smallest absolute Gasteiger partial charge is 0.241 e. The van der Waals surface area contributed by atoms with E-state index in [1.54, 1.807) is 13.8 Å². The van der Waals surface area contributed by atoms with E-state index in [0.29, 0.717) is 30.2 Å². The van der Waals surface area contributed by atoms with Crippen LogP contribution in [0.5, 0.6) is 0 Å². The molecule has 0 radical (unpaired) electrons.